The molecule has 1 atom stereocenters. The van der Waals surface area contributed by atoms with Crippen LogP contribution >= 0.6 is 0 Å². The molecule has 17 heavy (non-hydrogen) atoms. The Morgan fingerprint density at radius 1 is 1.41 bits per heavy atom. The molecule has 1 aliphatic carbocycles. The highest BCUT2D eigenvalue weighted by molar-refractivity contribution is 5.33. The lowest BCUT2D eigenvalue weighted by atomic mass is 10.1. The van der Waals surface area contributed by atoms with Gasteiger partial charge in [-0.1, -0.05) is 18.2 Å². The van der Waals surface area contributed by atoms with Gasteiger partial charge in [0.2, 0.25) is 0 Å². The summed E-state index contributed by atoms with van der Waals surface area (Å²) in [5, 5.41) is 12.3. The lowest BCUT2D eigenvalue weighted by Gasteiger charge is -2.15. The number of hydrogen-bond acceptors (Lipinski definition) is 3. The SMILES string of the molecule is CC(NCc1ccccc1OCCO)C1CC1. The first kappa shape index (κ1) is 12.4. The van der Waals surface area contributed by atoms with Crippen LogP contribution in [0.15, 0.2) is 24.3 Å². The molecule has 0 radical (unpaired) electrons. The van der Waals surface area contributed by atoms with Crippen molar-refractivity contribution < 1.29 is 9.84 Å². The van der Waals surface area contributed by atoms with E-state index in [-0.39, 0.29) is 6.61 Å². The van der Waals surface area contributed by atoms with Crippen molar-refractivity contribution in [2.45, 2.75) is 32.4 Å². The number of nitrogens with one attached hydrogen (secondary N) is 1. The summed E-state index contributed by atoms with van der Waals surface area (Å²) in [6.07, 6.45) is 2.72. The largest absolute Gasteiger partial charge is 0.491 e. The van der Waals surface area contributed by atoms with Gasteiger partial charge in [0.25, 0.3) is 0 Å². The fourth-order valence-electron chi connectivity index (χ4n) is 1.98. The van der Waals surface area contributed by atoms with Gasteiger partial charge in [-0.2, -0.15) is 0 Å². The quantitative estimate of drug-likeness (QED) is 0.759. The first-order valence-corrected chi connectivity index (χ1v) is 6.36. The van der Waals surface area contributed by atoms with Gasteiger partial charge in [0.05, 0.1) is 6.61 Å². The second kappa shape index (κ2) is 6.03. The molecule has 2 N–H and O–H groups in total. The van der Waals surface area contributed by atoms with E-state index < -0.39 is 0 Å². The van der Waals surface area contributed by atoms with Crippen molar-refractivity contribution in [1.29, 1.82) is 0 Å². The molecule has 0 heterocycles. The van der Waals surface area contributed by atoms with Gasteiger partial charge in [0.15, 0.2) is 0 Å². The summed E-state index contributed by atoms with van der Waals surface area (Å²) in [5.41, 5.74) is 1.16. The molecule has 1 saturated carbocycles. The molecule has 2 rings (SSSR count). The molecule has 3 nitrogen and oxygen atoms in total. The Hall–Kier alpha value is -1.06. The van der Waals surface area contributed by atoms with Crippen LogP contribution < -0.4 is 10.1 Å². The standard InChI is InChI=1S/C14H21NO2/c1-11(12-6-7-12)15-10-13-4-2-3-5-14(13)17-9-8-16/h2-5,11-12,15-16H,6-10H2,1H3. The van der Waals surface area contributed by atoms with Crippen LogP contribution in [0.4, 0.5) is 0 Å². The summed E-state index contributed by atoms with van der Waals surface area (Å²) >= 11 is 0. The molecule has 1 aromatic carbocycles. The lowest BCUT2D eigenvalue weighted by Crippen LogP contribution is -2.27. The van der Waals surface area contributed by atoms with Gasteiger partial charge >= 0.3 is 0 Å². The Balaban J connectivity index is 1.89. The Kier molecular flexibility index (Phi) is 4.40. The van der Waals surface area contributed by atoms with E-state index in [1.165, 1.54) is 12.8 Å². The number of aliphatic hydroxyl groups excluding tert-OH is 1. The third-order valence-corrected chi connectivity index (χ3v) is 3.27. The van der Waals surface area contributed by atoms with Crippen molar-refractivity contribution in [3.05, 3.63) is 29.8 Å². The summed E-state index contributed by atoms with van der Waals surface area (Å²) in [6.45, 7) is 3.49. The van der Waals surface area contributed by atoms with Gasteiger partial charge in [0, 0.05) is 18.2 Å². The number of hydrogen-bond donors (Lipinski definition) is 2. The van der Waals surface area contributed by atoms with Gasteiger partial charge < -0.3 is 15.2 Å². The molecule has 1 aromatic rings. The highest BCUT2D eigenvalue weighted by Gasteiger charge is 2.27. The van der Waals surface area contributed by atoms with Gasteiger partial charge in [0.1, 0.15) is 12.4 Å². The van der Waals surface area contributed by atoms with Crippen molar-refractivity contribution in [1.82, 2.24) is 5.32 Å². The molecule has 3 heteroatoms. The first-order chi connectivity index (χ1) is 8.31. The fraction of sp³-hybridized carbons (Fsp3) is 0.571. The summed E-state index contributed by atoms with van der Waals surface area (Å²) < 4.78 is 5.50. The van der Waals surface area contributed by atoms with Crippen LogP contribution in [0.1, 0.15) is 25.3 Å². The smallest absolute Gasteiger partial charge is 0.123 e. The van der Waals surface area contributed by atoms with E-state index in [1.54, 1.807) is 0 Å². The van der Waals surface area contributed by atoms with Crippen LogP contribution in [-0.2, 0) is 6.54 Å². The highest BCUT2D eigenvalue weighted by Crippen LogP contribution is 2.32. The molecule has 1 aliphatic rings. The number of rotatable bonds is 7. The van der Waals surface area contributed by atoms with Crippen LogP contribution in [0.2, 0.25) is 0 Å². The predicted octanol–water partition coefficient (Wildman–Crippen LogP) is 1.95. The summed E-state index contributed by atoms with van der Waals surface area (Å²) in [6, 6.07) is 8.58. The molecule has 0 aliphatic heterocycles. The summed E-state index contributed by atoms with van der Waals surface area (Å²) in [7, 11) is 0. The fourth-order valence-corrected chi connectivity index (χ4v) is 1.98. The third kappa shape index (κ3) is 3.72. The lowest BCUT2D eigenvalue weighted by molar-refractivity contribution is 0.200. The van der Waals surface area contributed by atoms with E-state index in [0.717, 1.165) is 23.8 Å². The Labute approximate surface area is 103 Å². The summed E-state index contributed by atoms with van der Waals surface area (Å²) in [4.78, 5) is 0. The van der Waals surface area contributed by atoms with Gasteiger partial charge in [-0.05, 0) is 31.7 Å². The zero-order valence-corrected chi connectivity index (χ0v) is 10.4. The molecule has 1 fully saturated rings. The van der Waals surface area contributed by atoms with Crippen LogP contribution in [0.25, 0.3) is 0 Å². The van der Waals surface area contributed by atoms with Crippen LogP contribution in [0.3, 0.4) is 0 Å². The normalized spacial score (nSPS) is 16.8. The zero-order valence-electron chi connectivity index (χ0n) is 10.4. The maximum atomic E-state index is 8.78. The van der Waals surface area contributed by atoms with E-state index in [0.29, 0.717) is 12.6 Å². The Morgan fingerprint density at radius 3 is 2.88 bits per heavy atom. The average molecular weight is 235 g/mol. The summed E-state index contributed by atoms with van der Waals surface area (Å²) in [5.74, 6) is 1.73. The number of benzene rings is 1. The molecule has 0 aromatic heterocycles. The molecule has 0 spiro atoms. The third-order valence-electron chi connectivity index (χ3n) is 3.27. The van der Waals surface area contributed by atoms with Crippen molar-refractivity contribution in [2.24, 2.45) is 5.92 Å². The molecule has 0 saturated heterocycles. The van der Waals surface area contributed by atoms with E-state index in [2.05, 4.69) is 18.3 Å². The van der Waals surface area contributed by atoms with Crippen molar-refractivity contribution >= 4 is 0 Å². The van der Waals surface area contributed by atoms with Gasteiger partial charge in [-0.15, -0.1) is 0 Å². The Bertz CT molecular complexity index is 350. The minimum Gasteiger partial charge on any atom is -0.491 e. The zero-order chi connectivity index (χ0) is 12.1. The topological polar surface area (TPSA) is 41.5 Å². The number of aliphatic hydroxyl groups is 1. The van der Waals surface area contributed by atoms with E-state index in [9.17, 15) is 0 Å². The number of ether oxygens (including phenoxy) is 1. The van der Waals surface area contributed by atoms with Crippen molar-refractivity contribution in [3.63, 3.8) is 0 Å². The van der Waals surface area contributed by atoms with Crippen molar-refractivity contribution in [2.75, 3.05) is 13.2 Å². The van der Waals surface area contributed by atoms with Crippen LogP contribution in [-0.4, -0.2) is 24.4 Å². The molecular formula is C14H21NO2. The highest BCUT2D eigenvalue weighted by atomic mass is 16.5. The second-order valence-corrected chi connectivity index (χ2v) is 4.69. The average Bonchev–Trinajstić information content (AvgIpc) is 3.18. The van der Waals surface area contributed by atoms with Crippen LogP contribution in [0.5, 0.6) is 5.75 Å². The first-order valence-electron chi connectivity index (χ1n) is 6.36. The monoisotopic (exact) mass is 235 g/mol. The minimum atomic E-state index is 0.0558. The molecular weight excluding hydrogens is 214 g/mol. The second-order valence-electron chi connectivity index (χ2n) is 4.69. The minimum absolute atomic E-state index is 0.0558. The van der Waals surface area contributed by atoms with E-state index in [4.69, 9.17) is 9.84 Å². The molecule has 0 amide bonds. The van der Waals surface area contributed by atoms with Crippen LogP contribution in [0, 0.1) is 5.92 Å². The molecule has 0 bridgehead atoms. The van der Waals surface area contributed by atoms with E-state index in [1.807, 2.05) is 18.2 Å². The molecule has 94 valence electrons. The molecule has 1 unspecified atom stereocenters. The maximum absolute atomic E-state index is 8.78. The maximum Gasteiger partial charge on any atom is 0.123 e. The van der Waals surface area contributed by atoms with Crippen molar-refractivity contribution in [3.8, 4) is 5.75 Å². The predicted molar refractivity (Wildman–Crippen MR) is 68.0 cm³/mol. The number of para-hydroxylation sites is 1. The van der Waals surface area contributed by atoms with Gasteiger partial charge in [-0.25, -0.2) is 0 Å². The Morgan fingerprint density at radius 2 is 2.18 bits per heavy atom. The van der Waals surface area contributed by atoms with Gasteiger partial charge in [-0.3, -0.25) is 0 Å². The van der Waals surface area contributed by atoms with E-state index >= 15 is 0 Å².